The van der Waals surface area contributed by atoms with E-state index in [0.29, 0.717) is 0 Å². The van der Waals surface area contributed by atoms with Gasteiger partial charge in [0.25, 0.3) is 17.9 Å². The molecule has 0 aromatic heterocycles. The van der Waals surface area contributed by atoms with Crippen LogP contribution in [0.15, 0.2) is 0 Å². The molecule has 0 radical (unpaired) electrons. The first-order valence-electron chi connectivity index (χ1n) is 3.53. The summed E-state index contributed by atoms with van der Waals surface area (Å²) in [5.41, 5.74) is 0. The highest BCUT2D eigenvalue weighted by Gasteiger charge is 2.49. The predicted octanol–water partition coefficient (Wildman–Crippen LogP) is 0.506. The van der Waals surface area contributed by atoms with Crippen LogP contribution < -0.4 is 0 Å². The second kappa shape index (κ2) is 5.10. The molecule has 6 nitrogen and oxygen atoms in total. The van der Waals surface area contributed by atoms with Crippen molar-refractivity contribution in [3.8, 4) is 0 Å². The van der Waals surface area contributed by atoms with Gasteiger partial charge in [-0.15, -0.1) is 0 Å². The molecular formula is C6H9BrO6Si. The van der Waals surface area contributed by atoms with Gasteiger partial charge in [0.2, 0.25) is 0 Å². The molecule has 0 spiro atoms. The maximum absolute atomic E-state index is 10.6. The summed E-state index contributed by atoms with van der Waals surface area (Å²) >= 11 is 2.80. The lowest BCUT2D eigenvalue weighted by atomic mass is 10.9. The van der Waals surface area contributed by atoms with Crippen LogP contribution in [0.1, 0.15) is 20.8 Å². The van der Waals surface area contributed by atoms with Gasteiger partial charge in [-0.05, 0) is 0 Å². The van der Waals surface area contributed by atoms with Crippen LogP contribution in [0.3, 0.4) is 0 Å². The normalized spacial score (nSPS) is 10.3. The first-order valence-corrected chi connectivity index (χ1v) is 7.51. The molecule has 0 fully saturated rings. The van der Waals surface area contributed by atoms with Crippen LogP contribution in [0.4, 0.5) is 0 Å². The Morgan fingerprint density at radius 2 is 1.07 bits per heavy atom. The van der Waals surface area contributed by atoms with Crippen molar-refractivity contribution >= 4 is 40.6 Å². The highest BCUT2D eigenvalue weighted by molar-refractivity contribution is 9.25. The van der Waals surface area contributed by atoms with Gasteiger partial charge in [-0.25, -0.2) is 0 Å². The third-order valence-corrected chi connectivity index (χ3v) is 3.85. The summed E-state index contributed by atoms with van der Waals surface area (Å²) in [7, 11) is -3.67. The first-order chi connectivity index (χ1) is 6.25. The standard InChI is InChI=1S/C6H9BrO6Si/c1-4(8)11-14(7,12-5(2)9)13-6(3)10/h1-3H3. The highest BCUT2D eigenvalue weighted by Crippen LogP contribution is 2.18. The lowest BCUT2D eigenvalue weighted by molar-refractivity contribution is -0.145. The maximum atomic E-state index is 10.6. The maximum Gasteiger partial charge on any atom is 0.786 e. The van der Waals surface area contributed by atoms with E-state index in [1.165, 1.54) is 0 Å². The van der Waals surface area contributed by atoms with E-state index in [0.717, 1.165) is 20.8 Å². The van der Waals surface area contributed by atoms with Gasteiger partial charge in [0.1, 0.15) is 0 Å². The van der Waals surface area contributed by atoms with E-state index < -0.39 is 25.3 Å². The van der Waals surface area contributed by atoms with Gasteiger partial charge >= 0.3 is 7.42 Å². The van der Waals surface area contributed by atoms with E-state index in [4.69, 9.17) is 0 Å². The predicted molar refractivity (Wildman–Crippen MR) is 50.0 cm³/mol. The zero-order valence-electron chi connectivity index (χ0n) is 7.83. The third kappa shape index (κ3) is 5.70. The largest absolute Gasteiger partial charge is 0.786 e. The van der Waals surface area contributed by atoms with Gasteiger partial charge in [-0.1, -0.05) is 0 Å². The lowest BCUT2D eigenvalue weighted by Crippen LogP contribution is -2.43. The van der Waals surface area contributed by atoms with Crippen LogP contribution in [0, 0.1) is 0 Å². The van der Waals surface area contributed by atoms with Crippen LogP contribution in [0.25, 0.3) is 0 Å². The van der Waals surface area contributed by atoms with E-state index in [1.54, 1.807) is 0 Å². The molecule has 14 heavy (non-hydrogen) atoms. The number of carbonyl (C=O) groups excluding carboxylic acids is 3. The van der Waals surface area contributed by atoms with Gasteiger partial charge in [0, 0.05) is 36.1 Å². The monoisotopic (exact) mass is 284 g/mol. The molecule has 80 valence electrons. The second-order valence-corrected chi connectivity index (χ2v) is 6.75. The van der Waals surface area contributed by atoms with Gasteiger partial charge in [-0.2, -0.15) is 0 Å². The molecule has 0 bridgehead atoms. The van der Waals surface area contributed by atoms with Crippen LogP contribution in [0.2, 0.25) is 0 Å². The molecule has 0 unspecified atom stereocenters. The van der Waals surface area contributed by atoms with Gasteiger partial charge in [-0.3, -0.25) is 14.4 Å². The average molecular weight is 285 g/mol. The minimum Gasteiger partial charge on any atom is -0.447 e. The molecule has 0 heterocycles. The van der Waals surface area contributed by atoms with Crippen molar-refractivity contribution in [1.29, 1.82) is 0 Å². The smallest absolute Gasteiger partial charge is 0.447 e. The molecular weight excluding hydrogens is 276 g/mol. The summed E-state index contributed by atoms with van der Waals surface area (Å²) in [4.78, 5) is 31.9. The van der Waals surface area contributed by atoms with Crippen LogP contribution in [-0.2, 0) is 27.7 Å². The topological polar surface area (TPSA) is 78.9 Å². The fraction of sp³-hybridized carbons (Fsp3) is 0.500. The zero-order valence-corrected chi connectivity index (χ0v) is 10.4. The number of carbonyl (C=O) groups is 3. The second-order valence-electron chi connectivity index (χ2n) is 2.26. The van der Waals surface area contributed by atoms with E-state index >= 15 is 0 Å². The van der Waals surface area contributed by atoms with Crippen molar-refractivity contribution in [3.63, 3.8) is 0 Å². The molecule has 0 amide bonds. The Hall–Kier alpha value is -0.893. The van der Waals surface area contributed by atoms with Crippen LogP contribution >= 0.6 is 15.3 Å². The number of rotatable bonds is 3. The van der Waals surface area contributed by atoms with E-state index in [1.807, 2.05) is 0 Å². The zero-order chi connectivity index (χ0) is 11.4. The average Bonchev–Trinajstić information content (AvgIpc) is 1.76. The van der Waals surface area contributed by atoms with Gasteiger partial charge in [0.05, 0.1) is 0 Å². The van der Waals surface area contributed by atoms with Crippen molar-refractivity contribution in [2.24, 2.45) is 0 Å². The molecule has 0 aliphatic carbocycles. The minimum absolute atomic E-state index is 0.712. The van der Waals surface area contributed by atoms with E-state index in [9.17, 15) is 14.4 Å². The first kappa shape index (κ1) is 13.1. The summed E-state index contributed by atoms with van der Waals surface area (Å²) < 4.78 is 13.8. The Bertz CT molecular complexity index is 224. The van der Waals surface area contributed by atoms with Crippen molar-refractivity contribution in [1.82, 2.24) is 0 Å². The molecule has 8 heteroatoms. The molecule has 0 aliphatic rings. The van der Waals surface area contributed by atoms with E-state index in [-0.39, 0.29) is 0 Å². The van der Waals surface area contributed by atoms with Gasteiger partial charge < -0.3 is 13.3 Å². The lowest BCUT2D eigenvalue weighted by Gasteiger charge is -2.19. The molecule has 0 atom stereocenters. The van der Waals surface area contributed by atoms with Crippen LogP contribution in [0.5, 0.6) is 0 Å². The molecule has 0 aliphatic heterocycles. The fourth-order valence-corrected chi connectivity index (χ4v) is 3.78. The minimum atomic E-state index is -3.67. The molecule has 0 aromatic rings. The Morgan fingerprint density at radius 1 is 0.857 bits per heavy atom. The van der Waals surface area contributed by atoms with Crippen molar-refractivity contribution in [2.45, 2.75) is 20.8 Å². The molecule has 0 saturated carbocycles. The molecule has 0 rings (SSSR count). The van der Waals surface area contributed by atoms with Crippen molar-refractivity contribution in [2.75, 3.05) is 0 Å². The quantitative estimate of drug-likeness (QED) is 0.555. The Kier molecular flexibility index (Phi) is 4.78. The summed E-state index contributed by atoms with van der Waals surface area (Å²) in [6, 6.07) is 0. The Morgan fingerprint density at radius 3 is 1.21 bits per heavy atom. The van der Waals surface area contributed by atoms with Crippen LogP contribution in [-0.4, -0.2) is 25.3 Å². The molecule has 0 aromatic carbocycles. The fourth-order valence-electron chi connectivity index (χ4n) is 0.578. The summed E-state index contributed by atoms with van der Waals surface area (Å²) in [5.74, 6) is -2.14. The van der Waals surface area contributed by atoms with E-state index in [2.05, 4.69) is 28.6 Å². The highest BCUT2D eigenvalue weighted by atomic mass is 79.9. The summed E-state index contributed by atoms with van der Waals surface area (Å²) in [6.07, 6.45) is 0. The molecule has 0 saturated heterocycles. The summed E-state index contributed by atoms with van der Waals surface area (Å²) in [6.45, 7) is 3.32. The summed E-state index contributed by atoms with van der Waals surface area (Å²) in [5, 5.41) is 0. The van der Waals surface area contributed by atoms with Crippen molar-refractivity contribution < 1.29 is 27.7 Å². The number of hydrogen-bond acceptors (Lipinski definition) is 6. The third-order valence-electron chi connectivity index (χ3n) is 0.797. The number of hydrogen-bond donors (Lipinski definition) is 0. The SMILES string of the molecule is CC(=O)O[Si](Br)(OC(C)=O)OC(C)=O. The Balaban J connectivity index is 4.56. The number of halogens is 1. The molecule has 0 N–H and O–H groups in total. The van der Waals surface area contributed by atoms with Gasteiger partial charge in [0.15, 0.2) is 0 Å². The Labute approximate surface area is 89.5 Å². The van der Waals surface area contributed by atoms with Crippen molar-refractivity contribution in [3.05, 3.63) is 0 Å².